The lowest BCUT2D eigenvalue weighted by Crippen LogP contribution is -2.28. The third-order valence-electron chi connectivity index (χ3n) is 3.64. The average molecular weight is 429 g/mol. The number of nitrogens with zero attached hydrogens (tertiary/aromatic N) is 2. The normalized spacial score (nSPS) is 10.9. The molecule has 1 amide bonds. The number of aromatic nitrogens is 1. The van der Waals surface area contributed by atoms with Crippen molar-refractivity contribution in [1.82, 2.24) is 4.57 Å². The minimum absolute atomic E-state index is 0.0144. The number of nitro groups is 1. The van der Waals surface area contributed by atoms with Crippen molar-refractivity contribution >= 4 is 23.3 Å². The highest BCUT2D eigenvalue weighted by atomic mass is 19.4. The van der Waals surface area contributed by atoms with Crippen molar-refractivity contribution in [3.8, 4) is 5.75 Å². The largest absolute Gasteiger partial charge is 0.494 e. The summed E-state index contributed by atoms with van der Waals surface area (Å²) >= 11 is 0. The highest BCUT2D eigenvalue weighted by Crippen LogP contribution is 2.29. The quantitative estimate of drug-likeness (QED) is 0.405. The molecule has 160 valence electrons. The van der Waals surface area contributed by atoms with Gasteiger partial charge in [0, 0.05) is 18.3 Å². The van der Waals surface area contributed by atoms with Gasteiger partial charge in [-0.05, 0) is 12.1 Å². The molecule has 0 spiro atoms. The summed E-state index contributed by atoms with van der Waals surface area (Å²) < 4.78 is 48.2. The van der Waals surface area contributed by atoms with Crippen LogP contribution in [0.3, 0.4) is 0 Å². The standard InChI is InChI=1S/C17H14F3N3O7/c1-29-13-6-11(23(27)28)3-4-12(13)21-14(24)9-30-16(26)8-22-7-10(17(18,19)20)2-5-15(22)25/h2-7H,8-9H2,1H3,(H,21,24). The van der Waals surface area contributed by atoms with E-state index < -0.39 is 47.3 Å². The molecule has 13 heteroatoms. The van der Waals surface area contributed by atoms with Crippen LogP contribution >= 0.6 is 0 Å². The van der Waals surface area contributed by atoms with Crippen LogP contribution in [0.25, 0.3) is 0 Å². The second kappa shape index (κ2) is 9.07. The van der Waals surface area contributed by atoms with Crippen LogP contribution in [0.1, 0.15) is 5.56 Å². The Labute approximate surface area is 166 Å². The summed E-state index contributed by atoms with van der Waals surface area (Å²) in [4.78, 5) is 45.4. The number of anilines is 1. The maximum absolute atomic E-state index is 12.7. The molecule has 0 aliphatic carbocycles. The van der Waals surface area contributed by atoms with Gasteiger partial charge in [-0.25, -0.2) is 0 Å². The number of esters is 1. The molecule has 0 atom stereocenters. The summed E-state index contributed by atoms with van der Waals surface area (Å²) in [7, 11) is 1.22. The van der Waals surface area contributed by atoms with Crippen molar-refractivity contribution in [2.75, 3.05) is 19.0 Å². The Morgan fingerprint density at radius 3 is 2.53 bits per heavy atom. The molecule has 2 aromatic rings. The van der Waals surface area contributed by atoms with Crippen molar-refractivity contribution in [2.45, 2.75) is 12.7 Å². The monoisotopic (exact) mass is 429 g/mol. The molecule has 30 heavy (non-hydrogen) atoms. The molecule has 1 aromatic carbocycles. The molecule has 0 bridgehead atoms. The maximum atomic E-state index is 12.7. The Morgan fingerprint density at radius 2 is 1.93 bits per heavy atom. The number of amides is 1. The number of hydrogen-bond acceptors (Lipinski definition) is 7. The first-order valence-electron chi connectivity index (χ1n) is 8.07. The number of nitrogens with one attached hydrogen (secondary N) is 1. The zero-order valence-corrected chi connectivity index (χ0v) is 15.3. The third kappa shape index (κ3) is 5.80. The van der Waals surface area contributed by atoms with Gasteiger partial charge in [0.15, 0.2) is 6.61 Å². The van der Waals surface area contributed by atoms with Gasteiger partial charge < -0.3 is 19.4 Å². The first-order chi connectivity index (χ1) is 14.0. The van der Waals surface area contributed by atoms with Gasteiger partial charge in [-0.15, -0.1) is 0 Å². The number of pyridine rings is 1. The van der Waals surface area contributed by atoms with Gasteiger partial charge in [0.25, 0.3) is 17.2 Å². The minimum Gasteiger partial charge on any atom is -0.494 e. The van der Waals surface area contributed by atoms with E-state index in [1.165, 1.54) is 13.2 Å². The summed E-state index contributed by atoms with van der Waals surface area (Å²) in [6.45, 7) is -1.65. The second-order valence-corrected chi connectivity index (χ2v) is 5.73. The van der Waals surface area contributed by atoms with E-state index in [-0.39, 0.29) is 17.1 Å². The molecule has 0 aliphatic rings. The van der Waals surface area contributed by atoms with Gasteiger partial charge in [0.1, 0.15) is 12.3 Å². The minimum atomic E-state index is -4.71. The van der Waals surface area contributed by atoms with E-state index >= 15 is 0 Å². The number of methoxy groups -OCH3 is 1. The van der Waals surface area contributed by atoms with Crippen LogP contribution in [-0.2, 0) is 27.0 Å². The molecular weight excluding hydrogens is 415 g/mol. The number of benzene rings is 1. The summed E-state index contributed by atoms with van der Waals surface area (Å²) in [5.41, 5.74) is -2.20. The lowest BCUT2D eigenvalue weighted by Gasteiger charge is -2.11. The number of halogens is 3. The van der Waals surface area contributed by atoms with Crippen LogP contribution < -0.4 is 15.6 Å². The van der Waals surface area contributed by atoms with Crippen LogP contribution in [0.5, 0.6) is 5.75 Å². The van der Waals surface area contributed by atoms with Crippen LogP contribution in [-0.4, -0.2) is 35.1 Å². The van der Waals surface area contributed by atoms with Crippen LogP contribution in [0.4, 0.5) is 24.5 Å². The van der Waals surface area contributed by atoms with E-state index in [1.807, 2.05) is 0 Å². The zero-order valence-electron chi connectivity index (χ0n) is 15.3. The molecule has 0 saturated carbocycles. The number of carbonyl (C=O) groups is 2. The topological polar surface area (TPSA) is 130 Å². The van der Waals surface area contributed by atoms with E-state index in [0.29, 0.717) is 22.9 Å². The maximum Gasteiger partial charge on any atom is 0.417 e. The highest BCUT2D eigenvalue weighted by molar-refractivity contribution is 5.94. The predicted octanol–water partition coefficient (Wildman–Crippen LogP) is 1.97. The molecule has 10 nitrogen and oxygen atoms in total. The van der Waals surface area contributed by atoms with Crippen molar-refractivity contribution in [3.05, 3.63) is 62.6 Å². The predicted molar refractivity (Wildman–Crippen MR) is 94.9 cm³/mol. The first-order valence-corrected chi connectivity index (χ1v) is 8.07. The molecule has 1 aromatic heterocycles. The van der Waals surface area contributed by atoms with Gasteiger partial charge >= 0.3 is 12.1 Å². The summed E-state index contributed by atoms with van der Waals surface area (Å²) in [5.74, 6) is -1.98. The smallest absolute Gasteiger partial charge is 0.417 e. The van der Waals surface area contributed by atoms with Gasteiger partial charge in [-0.1, -0.05) is 0 Å². The van der Waals surface area contributed by atoms with Crippen molar-refractivity contribution < 1.29 is 37.2 Å². The fraction of sp³-hybridized carbons (Fsp3) is 0.235. The number of carbonyl (C=O) groups excluding carboxylic acids is 2. The molecule has 1 heterocycles. The van der Waals surface area contributed by atoms with Crippen LogP contribution in [0.15, 0.2) is 41.3 Å². The van der Waals surface area contributed by atoms with Gasteiger partial charge in [0.2, 0.25) is 0 Å². The number of rotatable bonds is 7. The van der Waals surface area contributed by atoms with Crippen LogP contribution in [0.2, 0.25) is 0 Å². The summed E-state index contributed by atoms with van der Waals surface area (Å²) in [6.07, 6.45) is -4.24. The number of ether oxygens (including phenoxy) is 2. The lowest BCUT2D eigenvalue weighted by atomic mass is 10.2. The Bertz CT molecular complexity index is 1030. The molecular formula is C17H14F3N3O7. The van der Waals surface area contributed by atoms with Crippen molar-refractivity contribution in [1.29, 1.82) is 0 Å². The first kappa shape index (κ1) is 22.4. The Kier molecular flexibility index (Phi) is 6.77. The molecule has 0 saturated heterocycles. The number of non-ortho nitro benzene ring substituents is 1. The average Bonchev–Trinajstić information content (AvgIpc) is 2.67. The van der Waals surface area contributed by atoms with E-state index in [0.717, 1.165) is 12.1 Å². The lowest BCUT2D eigenvalue weighted by molar-refractivity contribution is -0.384. The van der Waals surface area contributed by atoms with Gasteiger partial charge in [-0.3, -0.25) is 24.5 Å². The molecule has 0 aliphatic heterocycles. The Morgan fingerprint density at radius 1 is 1.23 bits per heavy atom. The summed E-state index contributed by atoms with van der Waals surface area (Å²) in [5, 5.41) is 13.1. The second-order valence-electron chi connectivity index (χ2n) is 5.73. The number of nitro benzene ring substituents is 1. The number of alkyl halides is 3. The van der Waals surface area contributed by atoms with Gasteiger partial charge in [-0.2, -0.15) is 13.2 Å². The zero-order chi connectivity index (χ0) is 22.5. The molecule has 2 rings (SSSR count). The van der Waals surface area contributed by atoms with E-state index in [4.69, 9.17) is 4.74 Å². The SMILES string of the molecule is COc1cc([N+](=O)[O-])ccc1NC(=O)COC(=O)Cn1cc(C(F)(F)F)ccc1=O. The Hall–Kier alpha value is -3.90. The number of hydrogen-bond donors (Lipinski definition) is 1. The fourth-order valence-electron chi connectivity index (χ4n) is 2.24. The van der Waals surface area contributed by atoms with Crippen LogP contribution in [0, 0.1) is 10.1 Å². The molecule has 0 unspecified atom stereocenters. The fourth-order valence-corrected chi connectivity index (χ4v) is 2.24. The van der Waals surface area contributed by atoms with E-state index in [9.17, 15) is 37.7 Å². The van der Waals surface area contributed by atoms with E-state index in [2.05, 4.69) is 10.1 Å². The van der Waals surface area contributed by atoms with E-state index in [1.54, 1.807) is 0 Å². The summed E-state index contributed by atoms with van der Waals surface area (Å²) in [6, 6.07) is 4.63. The molecule has 0 radical (unpaired) electrons. The molecule has 0 fully saturated rings. The third-order valence-corrected chi connectivity index (χ3v) is 3.64. The van der Waals surface area contributed by atoms with Crippen molar-refractivity contribution in [3.63, 3.8) is 0 Å². The Balaban J connectivity index is 1.98. The van der Waals surface area contributed by atoms with Gasteiger partial charge in [0.05, 0.1) is 29.4 Å². The molecule has 1 N–H and O–H groups in total. The van der Waals surface area contributed by atoms with Crippen molar-refractivity contribution in [2.24, 2.45) is 0 Å². The highest BCUT2D eigenvalue weighted by Gasteiger charge is 2.31.